The van der Waals surface area contributed by atoms with Crippen molar-refractivity contribution in [3.63, 3.8) is 0 Å². The van der Waals surface area contributed by atoms with E-state index in [1.807, 2.05) is 12.1 Å². The second-order valence-corrected chi connectivity index (χ2v) is 5.48. The van der Waals surface area contributed by atoms with E-state index in [0.29, 0.717) is 6.04 Å². The van der Waals surface area contributed by atoms with E-state index in [1.165, 1.54) is 31.4 Å². The van der Waals surface area contributed by atoms with E-state index in [2.05, 4.69) is 39.9 Å². The number of hydrogen-bond acceptors (Lipinski definition) is 2. The molecule has 2 rings (SSSR count). The maximum Gasteiger partial charge on any atom is 0.0992 e. The molecule has 1 unspecified atom stereocenters. The molecule has 1 saturated heterocycles. The number of hydrogen-bond donors (Lipinski definition) is 0. The molecule has 17 heavy (non-hydrogen) atoms. The molecule has 0 N–H and O–H groups in total. The second-order valence-electron chi connectivity index (χ2n) is 4.56. The molecule has 0 aromatic heterocycles. The number of anilines is 1. The molecule has 0 radical (unpaired) electrons. The van der Waals surface area contributed by atoms with Crippen molar-refractivity contribution in [1.29, 1.82) is 5.26 Å². The van der Waals surface area contributed by atoms with Gasteiger partial charge in [0.05, 0.1) is 11.6 Å². The van der Waals surface area contributed by atoms with Crippen LogP contribution in [0, 0.1) is 11.3 Å². The average molecular weight is 293 g/mol. The summed E-state index contributed by atoms with van der Waals surface area (Å²) in [5.74, 6) is 0. The predicted molar refractivity (Wildman–Crippen MR) is 74.1 cm³/mol. The molecule has 1 aliphatic rings. The SMILES string of the molecule is CCC1CCCCN1c1cc(Br)cc(C#N)c1. The van der Waals surface area contributed by atoms with Crippen LogP contribution < -0.4 is 4.90 Å². The molecule has 90 valence electrons. The molecule has 1 fully saturated rings. The molecule has 0 aliphatic carbocycles. The Morgan fingerprint density at radius 1 is 1.41 bits per heavy atom. The van der Waals surface area contributed by atoms with Gasteiger partial charge in [-0.1, -0.05) is 22.9 Å². The first-order valence-electron chi connectivity index (χ1n) is 6.22. The van der Waals surface area contributed by atoms with E-state index in [1.54, 1.807) is 0 Å². The van der Waals surface area contributed by atoms with Gasteiger partial charge < -0.3 is 4.90 Å². The second kappa shape index (κ2) is 5.55. The topological polar surface area (TPSA) is 27.0 Å². The summed E-state index contributed by atoms with van der Waals surface area (Å²) in [7, 11) is 0. The standard InChI is InChI=1S/C14H17BrN2/c1-2-13-5-3-4-6-17(13)14-8-11(10-16)7-12(15)9-14/h7-9,13H,2-6H2,1H3. The lowest BCUT2D eigenvalue weighted by Crippen LogP contribution is -2.39. The third-order valence-electron chi connectivity index (χ3n) is 3.44. The van der Waals surface area contributed by atoms with Gasteiger partial charge in [-0.15, -0.1) is 0 Å². The van der Waals surface area contributed by atoms with Crippen LogP contribution in [0.2, 0.25) is 0 Å². The normalized spacial score (nSPS) is 20.1. The van der Waals surface area contributed by atoms with Gasteiger partial charge in [-0.3, -0.25) is 0 Å². The van der Waals surface area contributed by atoms with E-state index in [0.717, 1.165) is 16.6 Å². The van der Waals surface area contributed by atoms with E-state index in [9.17, 15) is 0 Å². The fourth-order valence-electron chi connectivity index (χ4n) is 2.57. The fraction of sp³-hybridized carbons (Fsp3) is 0.500. The van der Waals surface area contributed by atoms with Crippen molar-refractivity contribution in [3.05, 3.63) is 28.2 Å². The van der Waals surface area contributed by atoms with Gasteiger partial charge in [0.25, 0.3) is 0 Å². The van der Waals surface area contributed by atoms with Crippen molar-refractivity contribution in [2.24, 2.45) is 0 Å². The van der Waals surface area contributed by atoms with Crippen molar-refractivity contribution < 1.29 is 0 Å². The zero-order valence-electron chi connectivity index (χ0n) is 10.1. The summed E-state index contributed by atoms with van der Waals surface area (Å²) >= 11 is 3.48. The summed E-state index contributed by atoms with van der Waals surface area (Å²) < 4.78 is 0.993. The van der Waals surface area contributed by atoms with Crippen molar-refractivity contribution in [2.45, 2.75) is 38.6 Å². The van der Waals surface area contributed by atoms with Crippen LogP contribution in [0.3, 0.4) is 0 Å². The average Bonchev–Trinajstić information content (AvgIpc) is 2.37. The number of rotatable bonds is 2. The number of nitriles is 1. The molecular weight excluding hydrogens is 276 g/mol. The maximum absolute atomic E-state index is 9.02. The van der Waals surface area contributed by atoms with Crippen LogP contribution in [0.1, 0.15) is 38.2 Å². The summed E-state index contributed by atoms with van der Waals surface area (Å²) in [5.41, 5.74) is 1.91. The zero-order valence-corrected chi connectivity index (χ0v) is 11.7. The van der Waals surface area contributed by atoms with Gasteiger partial charge in [-0.2, -0.15) is 5.26 Å². The summed E-state index contributed by atoms with van der Waals surface area (Å²) in [5, 5.41) is 9.02. The highest BCUT2D eigenvalue weighted by molar-refractivity contribution is 9.10. The van der Waals surface area contributed by atoms with E-state index in [4.69, 9.17) is 5.26 Å². The smallest absolute Gasteiger partial charge is 0.0992 e. The Hall–Kier alpha value is -1.01. The van der Waals surface area contributed by atoms with Crippen molar-refractivity contribution in [1.82, 2.24) is 0 Å². The van der Waals surface area contributed by atoms with Crippen LogP contribution in [0.4, 0.5) is 5.69 Å². The van der Waals surface area contributed by atoms with Crippen molar-refractivity contribution in [3.8, 4) is 6.07 Å². The van der Waals surface area contributed by atoms with E-state index >= 15 is 0 Å². The molecular formula is C14H17BrN2. The van der Waals surface area contributed by atoms with Crippen molar-refractivity contribution >= 4 is 21.6 Å². The van der Waals surface area contributed by atoms with Crippen molar-refractivity contribution in [2.75, 3.05) is 11.4 Å². The molecule has 0 amide bonds. The Morgan fingerprint density at radius 2 is 2.24 bits per heavy atom. The molecule has 3 heteroatoms. The third-order valence-corrected chi connectivity index (χ3v) is 3.90. The highest BCUT2D eigenvalue weighted by Crippen LogP contribution is 2.29. The largest absolute Gasteiger partial charge is 0.368 e. The van der Waals surface area contributed by atoms with E-state index in [-0.39, 0.29) is 0 Å². The van der Waals surface area contributed by atoms with Crippen LogP contribution in [0.5, 0.6) is 0 Å². The quantitative estimate of drug-likeness (QED) is 0.821. The summed E-state index contributed by atoms with van der Waals surface area (Å²) in [4.78, 5) is 2.45. The van der Waals surface area contributed by atoms with E-state index < -0.39 is 0 Å². The Balaban J connectivity index is 2.31. The summed E-state index contributed by atoms with van der Waals surface area (Å²) in [6.45, 7) is 3.35. The maximum atomic E-state index is 9.02. The van der Waals surface area contributed by atoms with Gasteiger partial charge in [0.2, 0.25) is 0 Å². The molecule has 0 saturated carbocycles. The Morgan fingerprint density at radius 3 is 2.94 bits per heavy atom. The lowest BCUT2D eigenvalue weighted by atomic mass is 9.99. The highest BCUT2D eigenvalue weighted by atomic mass is 79.9. The van der Waals surface area contributed by atoms with Gasteiger partial charge in [0.15, 0.2) is 0 Å². The number of benzene rings is 1. The van der Waals surface area contributed by atoms with Gasteiger partial charge in [0, 0.05) is 22.7 Å². The molecule has 1 heterocycles. The minimum atomic E-state index is 0.629. The third kappa shape index (κ3) is 2.81. The van der Waals surface area contributed by atoms with Gasteiger partial charge in [-0.25, -0.2) is 0 Å². The minimum Gasteiger partial charge on any atom is -0.368 e. The molecule has 2 nitrogen and oxygen atoms in total. The Bertz CT molecular complexity index is 436. The zero-order chi connectivity index (χ0) is 12.3. The van der Waals surface area contributed by atoms with Crippen LogP contribution in [-0.2, 0) is 0 Å². The van der Waals surface area contributed by atoms with Gasteiger partial charge in [-0.05, 0) is 43.9 Å². The molecule has 1 aromatic carbocycles. The fourth-order valence-corrected chi connectivity index (χ4v) is 3.05. The lowest BCUT2D eigenvalue weighted by molar-refractivity contribution is 0.450. The minimum absolute atomic E-state index is 0.629. The molecule has 1 aliphatic heterocycles. The summed E-state index contributed by atoms with van der Waals surface area (Å²) in [6, 6.07) is 8.84. The Kier molecular flexibility index (Phi) is 4.06. The molecule has 0 bridgehead atoms. The van der Waals surface area contributed by atoms with Crippen LogP contribution in [-0.4, -0.2) is 12.6 Å². The molecule has 0 spiro atoms. The Labute approximate surface area is 111 Å². The first-order valence-corrected chi connectivity index (χ1v) is 7.01. The van der Waals surface area contributed by atoms with Crippen LogP contribution in [0.15, 0.2) is 22.7 Å². The number of halogens is 1. The van der Waals surface area contributed by atoms with Gasteiger partial charge in [0.1, 0.15) is 0 Å². The predicted octanol–water partition coefficient (Wildman–Crippen LogP) is 4.09. The molecule has 1 aromatic rings. The van der Waals surface area contributed by atoms with Crippen LogP contribution in [0.25, 0.3) is 0 Å². The molecule has 1 atom stereocenters. The number of piperidine rings is 1. The van der Waals surface area contributed by atoms with Gasteiger partial charge >= 0.3 is 0 Å². The van der Waals surface area contributed by atoms with Crippen LogP contribution >= 0.6 is 15.9 Å². The lowest BCUT2D eigenvalue weighted by Gasteiger charge is -2.37. The number of nitrogens with zero attached hydrogens (tertiary/aromatic N) is 2. The first-order chi connectivity index (χ1) is 8.24. The monoisotopic (exact) mass is 292 g/mol. The first kappa shape index (κ1) is 12.4. The summed E-state index contributed by atoms with van der Waals surface area (Å²) in [6.07, 6.45) is 5.03. The highest BCUT2D eigenvalue weighted by Gasteiger charge is 2.21.